The SMILES string of the molecule is CC(=O)N1CCC(NCCF)C1.CC(C)Oc1ccccc1Nc1cc2c(cn1)N(C)C(=O)c1ccccc1N2C. The van der Waals surface area contributed by atoms with E-state index < -0.39 is 0 Å². The summed E-state index contributed by atoms with van der Waals surface area (Å²) in [5.74, 6) is 1.50. The number of hydrogen-bond donors (Lipinski definition) is 2. The Morgan fingerprint density at radius 2 is 1.80 bits per heavy atom. The van der Waals surface area contributed by atoms with Crippen molar-refractivity contribution in [3.63, 3.8) is 0 Å². The van der Waals surface area contributed by atoms with Gasteiger partial charge in [0.1, 0.15) is 18.2 Å². The Hall–Kier alpha value is -4.18. The fourth-order valence-electron chi connectivity index (χ4n) is 4.94. The zero-order valence-corrected chi connectivity index (χ0v) is 24.4. The number of nitrogens with zero attached hydrogens (tertiary/aromatic N) is 4. The van der Waals surface area contributed by atoms with Crippen molar-refractivity contribution in [1.29, 1.82) is 0 Å². The summed E-state index contributed by atoms with van der Waals surface area (Å²) in [6.45, 7) is 7.16. The van der Waals surface area contributed by atoms with Gasteiger partial charge >= 0.3 is 0 Å². The predicted octanol–water partition coefficient (Wildman–Crippen LogP) is 5.14. The largest absolute Gasteiger partial charge is 0.489 e. The molecule has 10 heteroatoms. The predicted molar refractivity (Wildman–Crippen MR) is 162 cm³/mol. The van der Waals surface area contributed by atoms with Gasteiger partial charge in [-0.2, -0.15) is 0 Å². The number of hydrogen-bond acceptors (Lipinski definition) is 7. The third-order valence-electron chi connectivity index (χ3n) is 7.06. The number of pyridine rings is 1. The zero-order chi connectivity index (χ0) is 29.5. The van der Waals surface area contributed by atoms with Gasteiger partial charge in [-0.15, -0.1) is 0 Å². The van der Waals surface area contributed by atoms with Gasteiger partial charge in [0.25, 0.3) is 5.91 Å². The van der Waals surface area contributed by atoms with E-state index in [1.807, 2.05) is 80.4 Å². The number of likely N-dealkylation sites (tertiary alicyclic amines) is 1. The molecule has 1 aromatic heterocycles. The number of para-hydroxylation sites is 3. The molecule has 2 aromatic carbocycles. The first-order valence-electron chi connectivity index (χ1n) is 13.9. The van der Waals surface area contributed by atoms with Crippen LogP contribution in [0.3, 0.4) is 0 Å². The van der Waals surface area contributed by atoms with Gasteiger partial charge < -0.3 is 30.1 Å². The second-order valence-corrected chi connectivity index (χ2v) is 10.4. The molecule has 1 fully saturated rings. The number of rotatable bonds is 7. The first-order chi connectivity index (χ1) is 19.7. The number of aromatic nitrogens is 1. The van der Waals surface area contributed by atoms with E-state index in [4.69, 9.17) is 4.74 Å². The van der Waals surface area contributed by atoms with Crippen LogP contribution in [-0.4, -0.2) is 74.2 Å². The fraction of sp³-hybridized carbons (Fsp3) is 0.387. The second kappa shape index (κ2) is 13.5. The normalized spacial score (nSPS) is 16.0. The lowest BCUT2D eigenvalue weighted by molar-refractivity contribution is -0.127. The van der Waals surface area contributed by atoms with Crippen molar-refractivity contribution >= 4 is 40.4 Å². The van der Waals surface area contributed by atoms with Gasteiger partial charge in [-0.25, -0.2) is 9.37 Å². The highest BCUT2D eigenvalue weighted by Gasteiger charge is 2.28. The minimum Gasteiger partial charge on any atom is -0.489 e. The Bertz CT molecular complexity index is 1370. The summed E-state index contributed by atoms with van der Waals surface area (Å²) in [5.41, 5.74) is 4.02. The van der Waals surface area contributed by atoms with Crippen LogP contribution < -0.4 is 25.2 Å². The summed E-state index contributed by atoms with van der Waals surface area (Å²) in [6, 6.07) is 17.7. The summed E-state index contributed by atoms with van der Waals surface area (Å²) >= 11 is 0. The van der Waals surface area contributed by atoms with Crippen LogP contribution in [0.2, 0.25) is 0 Å². The highest BCUT2D eigenvalue weighted by atomic mass is 19.1. The van der Waals surface area contributed by atoms with Crippen molar-refractivity contribution in [2.24, 2.45) is 0 Å². The Labute approximate surface area is 241 Å². The van der Waals surface area contributed by atoms with Crippen molar-refractivity contribution in [3.05, 3.63) is 66.4 Å². The number of anilines is 5. The minimum atomic E-state index is -0.337. The van der Waals surface area contributed by atoms with Gasteiger partial charge in [0.05, 0.1) is 40.6 Å². The third kappa shape index (κ3) is 7.13. The van der Waals surface area contributed by atoms with Gasteiger partial charge in [0, 0.05) is 52.8 Å². The number of fused-ring (bicyclic) bond motifs is 2. The maximum atomic E-state index is 12.9. The number of carbonyl (C=O) groups is 2. The molecule has 2 aliphatic rings. The minimum absolute atomic E-state index is 0.0515. The number of carbonyl (C=O) groups excluding carboxylic acids is 2. The van der Waals surface area contributed by atoms with E-state index in [0.29, 0.717) is 24.0 Å². The lowest BCUT2D eigenvalue weighted by atomic mass is 10.1. The molecule has 3 aromatic rings. The molecule has 2 amide bonds. The van der Waals surface area contributed by atoms with Crippen molar-refractivity contribution < 1.29 is 18.7 Å². The van der Waals surface area contributed by atoms with Crippen LogP contribution >= 0.6 is 0 Å². The monoisotopic (exact) mass is 562 g/mol. The Morgan fingerprint density at radius 3 is 2.51 bits per heavy atom. The fourth-order valence-corrected chi connectivity index (χ4v) is 4.94. The van der Waals surface area contributed by atoms with Gasteiger partial charge in [0.15, 0.2) is 0 Å². The summed E-state index contributed by atoms with van der Waals surface area (Å²) in [4.78, 5) is 33.8. The van der Waals surface area contributed by atoms with E-state index >= 15 is 0 Å². The molecular formula is C31H39FN6O3. The standard InChI is InChI=1S/C23H24N4O2.C8H15FN2O/c1-15(2)29-21-12-8-6-10-17(21)25-22-13-19-20(14-24-22)27(4)23(28)16-9-5-7-11-18(16)26(19)3;1-7(12)11-5-2-8(6-11)10-4-3-9/h5-15H,1-4H3,(H,24,25);8,10H,2-6H2,1H3. The summed E-state index contributed by atoms with van der Waals surface area (Å²) < 4.78 is 17.7. The highest BCUT2D eigenvalue weighted by Crippen LogP contribution is 2.40. The molecule has 9 nitrogen and oxygen atoms in total. The van der Waals surface area contributed by atoms with Crippen LogP contribution in [0.15, 0.2) is 60.8 Å². The number of ether oxygens (including phenoxy) is 1. The molecule has 3 heterocycles. The Morgan fingerprint density at radius 1 is 1.07 bits per heavy atom. The molecule has 1 atom stereocenters. The molecule has 0 saturated carbocycles. The van der Waals surface area contributed by atoms with Crippen LogP contribution in [0, 0.1) is 0 Å². The Kier molecular flexibility index (Phi) is 9.78. The average molecular weight is 563 g/mol. The number of benzene rings is 2. The van der Waals surface area contributed by atoms with Crippen LogP contribution in [0.4, 0.5) is 33.0 Å². The molecule has 0 radical (unpaired) electrons. The molecule has 218 valence electrons. The molecule has 41 heavy (non-hydrogen) atoms. The maximum Gasteiger partial charge on any atom is 0.260 e. The molecular weight excluding hydrogens is 523 g/mol. The molecule has 2 aliphatic heterocycles. The van der Waals surface area contributed by atoms with Gasteiger partial charge in [-0.05, 0) is 44.5 Å². The highest BCUT2D eigenvalue weighted by molar-refractivity contribution is 6.13. The van der Waals surface area contributed by atoms with Crippen LogP contribution in [0.1, 0.15) is 37.6 Å². The summed E-state index contributed by atoms with van der Waals surface area (Å²) in [6.07, 6.45) is 2.74. The van der Waals surface area contributed by atoms with Gasteiger partial charge in [-0.3, -0.25) is 9.59 Å². The summed E-state index contributed by atoms with van der Waals surface area (Å²) in [7, 11) is 3.74. The van der Waals surface area contributed by atoms with Gasteiger partial charge in [0.2, 0.25) is 5.91 Å². The van der Waals surface area contributed by atoms with Crippen molar-refractivity contribution in [2.45, 2.75) is 39.3 Å². The topological polar surface area (TPSA) is 90.0 Å². The van der Waals surface area contributed by atoms with Crippen molar-refractivity contribution in [3.8, 4) is 5.75 Å². The molecule has 2 N–H and O–H groups in total. The van der Waals surface area contributed by atoms with E-state index in [2.05, 4.69) is 15.6 Å². The number of halogens is 1. The molecule has 1 saturated heterocycles. The lowest BCUT2D eigenvalue weighted by Crippen LogP contribution is -2.35. The quantitative estimate of drug-likeness (QED) is 0.412. The smallest absolute Gasteiger partial charge is 0.260 e. The Balaban J connectivity index is 0.000000271. The molecule has 0 spiro atoms. The average Bonchev–Trinajstić information content (AvgIpc) is 3.43. The first kappa shape index (κ1) is 29.8. The zero-order valence-electron chi connectivity index (χ0n) is 24.4. The van der Waals surface area contributed by atoms with Crippen LogP contribution in [0.5, 0.6) is 5.75 Å². The molecule has 0 bridgehead atoms. The van der Waals surface area contributed by atoms with Gasteiger partial charge in [-0.1, -0.05) is 24.3 Å². The van der Waals surface area contributed by atoms with E-state index in [-0.39, 0.29) is 24.6 Å². The van der Waals surface area contributed by atoms with Crippen molar-refractivity contribution in [1.82, 2.24) is 15.2 Å². The number of alkyl halides is 1. The molecule has 1 unspecified atom stereocenters. The van der Waals surface area contributed by atoms with Crippen molar-refractivity contribution in [2.75, 3.05) is 55.5 Å². The van der Waals surface area contributed by atoms with E-state index in [0.717, 1.165) is 48.0 Å². The van der Waals surface area contributed by atoms with Crippen LogP contribution in [-0.2, 0) is 4.79 Å². The second-order valence-electron chi connectivity index (χ2n) is 10.4. The first-order valence-corrected chi connectivity index (χ1v) is 13.9. The molecule has 5 rings (SSSR count). The van der Waals surface area contributed by atoms with E-state index in [1.165, 1.54) is 0 Å². The molecule has 0 aliphatic carbocycles. The number of nitrogens with one attached hydrogen (secondary N) is 2. The van der Waals surface area contributed by atoms with Crippen LogP contribution in [0.25, 0.3) is 0 Å². The van der Waals surface area contributed by atoms with E-state index in [1.54, 1.807) is 30.0 Å². The number of amides is 2. The van der Waals surface area contributed by atoms with E-state index in [9.17, 15) is 14.0 Å². The third-order valence-corrected chi connectivity index (χ3v) is 7.06. The lowest BCUT2D eigenvalue weighted by Gasteiger charge is -2.23. The maximum absolute atomic E-state index is 12.9. The summed E-state index contributed by atoms with van der Waals surface area (Å²) in [5, 5.41) is 6.40.